The molecule has 23 heavy (non-hydrogen) atoms. The van der Waals surface area contributed by atoms with Gasteiger partial charge in [0.05, 0.1) is 0 Å². The summed E-state index contributed by atoms with van der Waals surface area (Å²) in [6, 6.07) is 0. The van der Waals surface area contributed by atoms with Crippen LogP contribution < -0.4 is 0 Å². The highest BCUT2D eigenvalue weighted by Crippen LogP contribution is 2.63. The van der Waals surface area contributed by atoms with E-state index in [0.29, 0.717) is 0 Å². The lowest BCUT2D eigenvalue weighted by Gasteiger charge is -2.23. The van der Waals surface area contributed by atoms with Gasteiger partial charge in [-0.25, -0.2) is 11.9 Å². The number of hydrogen-bond acceptors (Lipinski definition) is 4. The Labute approximate surface area is 149 Å². The largest absolute Gasteiger partial charge is 0.360 e. The van der Waals surface area contributed by atoms with Gasteiger partial charge in [-0.15, -0.1) is 0 Å². The highest BCUT2D eigenvalue weighted by molar-refractivity contribution is 8.27. The molecule has 0 bridgehead atoms. The summed E-state index contributed by atoms with van der Waals surface area (Å²) in [4.78, 5) is 0. The van der Waals surface area contributed by atoms with E-state index in [-0.39, 0.29) is 0 Å². The molecular formula is C15H15O3PS4. The van der Waals surface area contributed by atoms with Gasteiger partial charge in [-0.05, 0) is 76.4 Å². The van der Waals surface area contributed by atoms with Crippen LogP contribution >= 0.6 is 39.0 Å². The Morgan fingerprint density at radius 3 is 1.13 bits per heavy atom. The number of rotatable bonds is 6. The van der Waals surface area contributed by atoms with Crippen LogP contribution in [-0.2, 0) is 23.7 Å². The first-order valence-electron chi connectivity index (χ1n) is 6.64. The molecule has 0 aromatic carbocycles. The lowest BCUT2D eigenvalue weighted by Crippen LogP contribution is -1.93. The maximum atomic E-state index is 6.06. The average Bonchev–Trinajstić information content (AvgIpc) is 2.57. The fraction of sp³-hybridized carbons (Fsp3) is 0. The molecule has 3 atom stereocenters. The highest BCUT2D eigenvalue weighted by Gasteiger charge is 2.26. The summed E-state index contributed by atoms with van der Waals surface area (Å²) >= 11 is 5.68. The van der Waals surface area contributed by atoms with Gasteiger partial charge in [-0.2, -0.15) is 0 Å². The molecule has 3 aliphatic heterocycles. The van der Waals surface area contributed by atoms with Crippen molar-refractivity contribution in [3.63, 3.8) is 0 Å². The predicted molar refractivity (Wildman–Crippen MR) is 113 cm³/mol. The standard InChI is InChI=1S/C15H15O3PS4/c20-19(16-21-10-4-1-5-11-21,17-22-12-6-2-7-13-22)18-23-14-8-3-9-15-23/h1-15H. The van der Waals surface area contributed by atoms with Gasteiger partial charge in [0.1, 0.15) is 0 Å². The van der Waals surface area contributed by atoms with Crippen molar-refractivity contribution in [2.45, 2.75) is 0 Å². The molecule has 122 valence electrons. The summed E-state index contributed by atoms with van der Waals surface area (Å²) in [5.74, 6) is 0. The van der Waals surface area contributed by atoms with Crippen LogP contribution in [0.25, 0.3) is 0 Å². The van der Waals surface area contributed by atoms with Crippen LogP contribution in [-0.4, -0.2) is 16.1 Å². The Bertz CT molecular complexity index is 693. The molecular weight excluding hydrogens is 387 g/mol. The van der Waals surface area contributed by atoms with E-state index in [0.717, 1.165) is 0 Å². The Morgan fingerprint density at radius 2 is 0.870 bits per heavy atom. The number of hydrogen-bond donors (Lipinski definition) is 0. The Balaban J connectivity index is 1.82. The molecule has 0 saturated carbocycles. The van der Waals surface area contributed by atoms with E-state index in [1.807, 2.05) is 87.0 Å². The molecule has 3 nitrogen and oxygen atoms in total. The van der Waals surface area contributed by atoms with Crippen LogP contribution in [0.5, 0.6) is 0 Å². The quantitative estimate of drug-likeness (QED) is 0.435. The van der Waals surface area contributed by atoms with Crippen molar-refractivity contribution < 1.29 is 11.9 Å². The van der Waals surface area contributed by atoms with Gasteiger partial charge in [-0.1, -0.05) is 54.7 Å². The van der Waals surface area contributed by atoms with Crippen molar-refractivity contribution in [3.05, 3.63) is 70.9 Å². The average molecular weight is 403 g/mol. The second-order valence-corrected chi connectivity index (χ2v) is 11.8. The van der Waals surface area contributed by atoms with Gasteiger partial charge < -0.3 is 0 Å². The van der Waals surface area contributed by atoms with E-state index >= 15 is 0 Å². The summed E-state index contributed by atoms with van der Waals surface area (Å²) in [5, 5.41) is 11.8. The first-order chi connectivity index (χ1) is 11.2. The van der Waals surface area contributed by atoms with Crippen LogP contribution in [0.1, 0.15) is 0 Å². The van der Waals surface area contributed by atoms with Crippen LogP contribution in [0.15, 0.2) is 70.9 Å². The molecule has 0 aliphatic carbocycles. The van der Waals surface area contributed by atoms with Gasteiger partial charge in [0.2, 0.25) is 0 Å². The van der Waals surface area contributed by atoms with E-state index in [9.17, 15) is 0 Å². The minimum Gasteiger partial charge on any atom is -0.239 e. The zero-order chi connectivity index (χ0) is 16.0. The molecule has 0 aromatic rings. The zero-order valence-corrected chi connectivity index (χ0v) is 16.1. The van der Waals surface area contributed by atoms with Crippen LogP contribution in [0.2, 0.25) is 0 Å². The fourth-order valence-electron chi connectivity index (χ4n) is 1.57. The molecule has 0 fully saturated rings. The molecule has 0 amide bonds. The molecule has 3 unspecified atom stereocenters. The SMILES string of the molecule is S=P(OS1=CC=CC=C1)(OS1=CC=CC=C1)OS1=CC=CC=C1. The summed E-state index contributed by atoms with van der Waals surface area (Å²) in [6.45, 7) is -2.90. The normalized spacial score (nSPS) is 30.3. The third-order valence-electron chi connectivity index (χ3n) is 2.47. The lowest BCUT2D eigenvalue weighted by atomic mass is 10.5. The van der Waals surface area contributed by atoms with Crippen molar-refractivity contribution >= 4 is 66.9 Å². The summed E-state index contributed by atoms with van der Waals surface area (Å²) in [5.41, 5.74) is 0. The Hall–Kier alpha value is -0.370. The molecule has 0 radical (unpaired) electrons. The monoisotopic (exact) mass is 402 g/mol. The summed E-state index contributed by atoms with van der Waals surface area (Å²) in [6.07, 6.45) is 17.5. The first-order valence-corrected chi connectivity index (χ1v) is 13.0. The van der Waals surface area contributed by atoms with E-state index < -0.39 is 39.0 Å². The van der Waals surface area contributed by atoms with E-state index in [2.05, 4.69) is 0 Å². The summed E-state index contributed by atoms with van der Waals surface area (Å²) < 4.78 is 18.2. The summed E-state index contributed by atoms with van der Waals surface area (Å²) in [7, 11) is -1.57. The van der Waals surface area contributed by atoms with Crippen molar-refractivity contribution in [1.29, 1.82) is 0 Å². The molecule has 8 heteroatoms. The van der Waals surface area contributed by atoms with Gasteiger partial charge in [0, 0.05) is 0 Å². The van der Waals surface area contributed by atoms with Crippen LogP contribution in [0, 0.1) is 0 Å². The van der Waals surface area contributed by atoms with E-state index in [4.69, 9.17) is 23.7 Å². The Morgan fingerprint density at radius 1 is 0.522 bits per heavy atom. The minimum absolute atomic E-state index is 0.523. The highest BCUT2D eigenvalue weighted by atomic mass is 32.5. The first kappa shape index (κ1) is 17.5. The second-order valence-electron chi connectivity index (χ2n) is 4.20. The third-order valence-corrected chi connectivity index (χ3v) is 10.9. The van der Waals surface area contributed by atoms with Crippen LogP contribution in [0.3, 0.4) is 0 Å². The zero-order valence-electron chi connectivity index (χ0n) is 12.0. The fourth-order valence-corrected chi connectivity index (χ4v) is 9.90. The van der Waals surface area contributed by atoms with Gasteiger partial charge in [0.15, 0.2) is 0 Å². The predicted octanol–water partition coefficient (Wildman–Crippen LogP) is 5.47. The van der Waals surface area contributed by atoms with E-state index in [1.54, 1.807) is 0 Å². The molecule has 0 spiro atoms. The van der Waals surface area contributed by atoms with Crippen molar-refractivity contribution in [3.8, 4) is 0 Å². The van der Waals surface area contributed by atoms with Crippen molar-refractivity contribution in [2.24, 2.45) is 0 Å². The topological polar surface area (TPSA) is 27.7 Å². The smallest absolute Gasteiger partial charge is 0.239 e. The third kappa shape index (κ3) is 5.59. The molecule has 0 N–H and O–H groups in total. The molecule has 3 aliphatic rings. The molecule has 3 rings (SSSR count). The molecule has 0 aromatic heterocycles. The van der Waals surface area contributed by atoms with Crippen LogP contribution in [0.4, 0.5) is 0 Å². The Kier molecular flexibility index (Phi) is 6.56. The van der Waals surface area contributed by atoms with Gasteiger partial charge in [-0.3, -0.25) is 0 Å². The minimum atomic E-state index is -2.90. The molecule has 0 saturated heterocycles. The second kappa shape index (κ2) is 8.65. The van der Waals surface area contributed by atoms with Gasteiger partial charge >= 0.3 is 6.72 Å². The lowest BCUT2D eigenvalue weighted by molar-refractivity contribution is 0.467. The maximum absolute atomic E-state index is 6.06. The van der Waals surface area contributed by atoms with E-state index in [1.165, 1.54) is 0 Å². The van der Waals surface area contributed by atoms with Gasteiger partial charge in [0.25, 0.3) is 0 Å². The maximum Gasteiger partial charge on any atom is 0.360 e. The van der Waals surface area contributed by atoms with Crippen molar-refractivity contribution in [1.82, 2.24) is 0 Å². The van der Waals surface area contributed by atoms with Crippen molar-refractivity contribution in [2.75, 3.05) is 0 Å². The molecule has 3 heterocycles. The number of allylic oxidation sites excluding steroid dienone is 9.